The van der Waals surface area contributed by atoms with Gasteiger partial charge in [-0.05, 0) is 57.2 Å². The largest absolute Gasteiger partial charge is 0.322 e. The van der Waals surface area contributed by atoms with Gasteiger partial charge < -0.3 is 10.2 Å². The summed E-state index contributed by atoms with van der Waals surface area (Å²) in [6.45, 7) is 7.06. The van der Waals surface area contributed by atoms with Crippen molar-refractivity contribution < 1.29 is 4.79 Å². The van der Waals surface area contributed by atoms with Crippen molar-refractivity contribution in [3.05, 3.63) is 29.3 Å². The SMILES string of the molecule is Cc1ccc(C)c(NC(=O)N2CCCCC2C)c1. The van der Waals surface area contributed by atoms with Crippen LogP contribution >= 0.6 is 0 Å². The second-order valence-electron chi connectivity index (χ2n) is 5.29. The lowest BCUT2D eigenvalue weighted by Crippen LogP contribution is -2.44. The second-order valence-corrected chi connectivity index (χ2v) is 5.29. The molecule has 1 aliphatic rings. The van der Waals surface area contributed by atoms with Crippen LogP contribution in [0.2, 0.25) is 0 Å². The zero-order valence-corrected chi connectivity index (χ0v) is 11.5. The third kappa shape index (κ3) is 2.84. The van der Waals surface area contributed by atoms with Crippen LogP contribution in [0.4, 0.5) is 10.5 Å². The molecule has 2 rings (SSSR count). The fraction of sp³-hybridized carbons (Fsp3) is 0.533. The average Bonchev–Trinajstić information content (AvgIpc) is 2.34. The monoisotopic (exact) mass is 246 g/mol. The van der Waals surface area contributed by atoms with Crippen LogP contribution in [0.5, 0.6) is 0 Å². The zero-order chi connectivity index (χ0) is 13.1. The van der Waals surface area contributed by atoms with Gasteiger partial charge in [0.15, 0.2) is 0 Å². The maximum absolute atomic E-state index is 12.3. The maximum Gasteiger partial charge on any atom is 0.322 e. The number of likely N-dealkylation sites (tertiary alicyclic amines) is 1. The van der Waals surface area contributed by atoms with Crippen LogP contribution < -0.4 is 5.32 Å². The Morgan fingerprint density at radius 2 is 2.11 bits per heavy atom. The minimum Gasteiger partial charge on any atom is -0.322 e. The Balaban J connectivity index is 2.08. The van der Waals surface area contributed by atoms with E-state index in [1.54, 1.807) is 0 Å². The fourth-order valence-corrected chi connectivity index (χ4v) is 2.46. The number of amides is 2. The van der Waals surface area contributed by atoms with Crippen LogP contribution in [0.1, 0.15) is 37.3 Å². The van der Waals surface area contributed by atoms with Crippen molar-refractivity contribution in [2.75, 3.05) is 11.9 Å². The van der Waals surface area contributed by atoms with Crippen LogP contribution in [-0.2, 0) is 0 Å². The van der Waals surface area contributed by atoms with Crippen molar-refractivity contribution in [2.45, 2.75) is 46.1 Å². The number of piperidine rings is 1. The molecule has 0 bridgehead atoms. The van der Waals surface area contributed by atoms with E-state index in [4.69, 9.17) is 0 Å². The molecule has 0 aliphatic carbocycles. The highest BCUT2D eigenvalue weighted by atomic mass is 16.2. The van der Waals surface area contributed by atoms with Crippen LogP contribution in [0.15, 0.2) is 18.2 Å². The Bertz CT molecular complexity index is 442. The van der Waals surface area contributed by atoms with E-state index in [1.807, 2.05) is 30.9 Å². The van der Waals surface area contributed by atoms with E-state index in [0.29, 0.717) is 6.04 Å². The Morgan fingerprint density at radius 1 is 1.33 bits per heavy atom. The molecule has 3 nitrogen and oxygen atoms in total. The standard InChI is InChI=1S/C15H22N2O/c1-11-7-8-12(2)14(10-11)16-15(18)17-9-5-4-6-13(17)3/h7-8,10,13H,4-6,9H2,1-3H3,(H,16,18). The van der Waals surface area contributed by atoms with E-state index in [0.717, 1.165) is 30.6 Å². The van der Waals surface area contributed by atoms with Gasteiger partial charge in [0.25, 0.3) is 0 Å². The summed E-state index contributed by atoms with van der Waals surface area (Å²) in [6, 6.07) is 6.53. The quantitative estimate of drug-likeness (QED) is 0.805. The third-order valence-corrected chi connectivity index (χ3v) is 3.70. The summed E-state index contributed by atoms with van der Waals surface area (Å²) in [5, 5.41) is 3.04. The number of carbonyl (C=O) groups excluding carboxylic acids is 1. The Kier molecular flexibility index (Phi) is 3.90. The van der Waals surface area contributed by atoms with E-state index >= 15 is 0 Å². The maximum atomic E-state index is 12.3. The third-order valence-electron chi connectivity index (χ3n) is 3.70. The predicted molar refractivity (Wildman–Crippen MR) is 75.0 cm³/mol. The highest BCUT2D eigenvalue weighted by molar-refractivity contribution is 5.90. The number of hydrogen-bond acceptors (Lipinski definition) is 1. The van der Waals surface area contributed by atoms with Gasteiger partial charge in [0, 0.05) is 18.3 Å². The number of anilines is 1. The summed E-state index contributed by atoms with van der Waals surface area (Å²) in [5.41, 5.74) is 3.21. The first-order valence-corrected chi connectivity index (χ1v) is 6.73. The summed E-state index contributed by atoms with van der Waals surface area (Å²) in [4.78, 5) is 14.2. The first-order valence-electron chi connectivity index (χ1n) is 6.73. The molecule has 1 aromatic carbocycles. The number of rotatable bonds is 1. The molecule has 1 atom stereocenters. The molecular formula is C15H22N2O. The Hall–Kier alpha value is -1.51. The molecule has 1 aromatic rings. The molecule has 0 aromatic heterocycles. The van der Waals surface area contributed by atoms with Gasteiger partial charge in [0.1, 0.15) is 0 Å². The molecule has 1 fully saturated rings. The van der Waals surface area contributed by atoms with Gasteiger partial charge >= 0.3 is 6.03 Å². The summed E-state index contributed by atoms with van der Waals surface area (Å²) >= 11 is 0. The first-order chi connectivity index (χ1) is 8.58. The van der Waals surface area contributed by atoms with Gasteiger partial charge in [-0.2, -0.15) is 0 Å². The van der Waals surface area contributed by atoms with Gasteiger partial charge in [-0.3, -0.25) is 0 Å². The highest BCUT2D eigenvalue weighted by Crippen LogP contribution is 2.20. The summed E-state index contributed by atoms with van der Waals surface area (Å²) in [5.74, 6) is 0. The van der Waals surface area contributed by atoms with Crippen LogP contribution in [-0.4, -0.2) is 23.5 Å². The second kappa shape index (κ2) is 5.42. The summed E-state index contributed by atoms with van der Waals surface area (Å²) in [7, 11) is 0. The number of carbonyl (C=O) groups is 1. The number of nitrogens with zero attached hydrogens (tertiary/aromatic N) is 1. The van der Waals surface area contributed by atoms with Crippen LogP contribution in [0, 0.1) is 13.8 Å². The number of hydrogen-bond donors (Lipinski definition) is 1. The van der Waals surface area contributed by atoms with Gasteiger partial charge in [0.05, 0.1) is 0 Å². The van der Waals surface area contributed by atoms with E-state index < -0.39 is 0 Å². The topological polar surface area (TPSA) is 32.3 Å². The van der Waals surface area contributed by atoms with Crippen LogP contribution in [0.3, 0.4) is 0 Å². The van der Waals surface area contributed by atoms with Crippen molar-refractivity contribution in [3.63, 3.8) is 0 Å². The predicted octanol–water partition coefficient (Wildman–Crippen LogP) is 3.71. The highest BCUT2D eigenvalue weighted by Gasteiger charge is 2.23. The van der Waals surface area contributed by atoms with Crippen molar-refractivity contribution in [2.24, 2.45) is 0 Å². The molecule has 0 spiro atoms. The molecule has 1 heterocycles. The van der Waals surface area contributed by atoms with Gasteiger partial charge in [0.2, 0.25) is 0 Å². The lowest BCUT2D eigenvalue weighted by molar-refractivity contribution is 0.170. The molecule has 1 saturated heterocycles. The van der Waals surface area contributed by atoms with Crippen molar-refractivity contribution in [3.8, 4) is 0 Å². The number of aryl methyl sites for hydroxylation is 2. The number of urea groups is 1. The Labute approximate surface area is 109 Å². The first kappa shape index (κ1) is 12.9. The van der Waals surface area contributed by atoms with Gasteiger partial charge in [-0.1, -0.05) is 12.1 Å². The van der Waals surface area contributed by atoms with Crippen molar-refractivity contribution in [1.29, 1.82) is 0 Å². The molecule has 0 radical (unpaired) electrons. The molecule has 2 amide bonds. The van der Waals surface area contributed by atoms with Crippen molar-refractivity contribution in [1.82, 2.24) is 4.90 Å². The molecule has 18 heavy (non-hydrogen) atoms. The lowest BCUT2D eigenvalue weighted by atomic mass is 10.0. The van der Waals surface area contributed by atoms with E-state index in [9.17, 15) is 4.79 Å². The minimum atomic E-state index is 0.0379. The Morgan fingerprint density at radius 3 is 2.83 bits per heavy atom. The van der Waals surface area contributed by atoms with E-state index in [2.05, 4.69) is 18.3 Å². The smallest absolute Gasteiger partial charge is 0.322 e. The van der Waals surface area contributed by atoms with Crippen molar-refractivity contribution >= 4 is 11.7 Å². The lowest BCUT2D eigenvalue weighted by Gasteiger charge is -2.33. The molecule has 3 heteroatoms. The van der Waals surface area contributed by atoms with E-state index in [1.165, 1.54) is 12.0 Å². The molecule has 98 valence electrons. The average molecular weight is 246 g/mol. The normalized spacial score (nSPS) is 19.7. The molecule has 1 unspecified atom stereocenters. The van der Waals surface area contributed by atoms with Crippen LogP contribution in [0.25, 0.3) is 0 Å². The molecular weight excluding hydrogens is 224 g/mol. The molecule has 1 N–H and O–H groups in total. The van der Waals surface area contributed by atoms with Gasteiger partial charge in [-0.25, -0.2) is 4.79 Å². The number of nitrogens with one attached hydrogen (secondary N) is 1. The zero-order valence-electron chi connectivity index (χ0n) is 11.5. The minimum absolute atomic E-state index is 0.0379. The molecule has 0 saturated carbocycles. The number of benzene rings is 1. The summed E-state index contributed by atoms with van der Waals surface area (Å²) in [6.07, 6.45) is 3.46. The molecule has 1 aliphatic heterocycles. The summed E-state index contributed by atoms with van der Waals surface area (Å²) < 4.78 is 0. The van der Waals surface area contributed by atoms with Gasteiger partial charge in [-0.15, -0.1) is 0 Å². The van der Waals surface area contributed by atoms with E-state index in [-0.39, 0.29) is 6.03 Å². The fourth-order valence-electron chi connectivity index (χ4n) is 2.46.